The Morgan fingerprint density at radius 1 is 1.13 bits per heavy atom. The van der Waals surface area contributed by atoms with Crippen LogP contribution in [0.5, 0.6) is 0 Å². The summed E-state index contributed by atoms with van der Waals surface area (Å²) in [5.41, 5.74) is 1.24. The Morgan fingerprint density at radius 3 is 2.60 bits per heavy atom. The van der Waals surface area contributed by atoms with E-state index in [0.717, 1.165) is 12.5 Å². The van der Waals surface area contributed by atoms with E-state index in [1.165, 1.54) is 38.0 Å². The Bertz CT molecular complexity index is 265. The quantitative estimate of drug-likeness (QED) is 0.787. The van der Waals surface area contributed by atoms with Crippen LogP contribution < -0.4 is 10.6 Å². The number of para-hydroxylation sites is 1. The summed E-state index contributed by atoms with van der Waals surface area (Å²) in [6.45, 7) is 3.51. The molecule has 2 nitrogen and oxygen atoms in total. The van der Waals surface area contributed by atoms with Crippen LogP contribution in [0.15, 0.2) is 30.3 Å². The van der Waals surface area contributed by atoms with Gasteiger partial charge in [-0.25, -0.2) is 0 Å². The first-order valence-electron chi connectivity index (χ1n) is 5.95. The summed E-state index contributed by atoms with van der Waals surface area (Å²) < 4.78 is 0. The van der Waals surface area contributed by atoms with Crippen LogP contribution in [0, 0.1) is 5.92 Å². The third-order valence-corrected chi connectivity index (χ3v) is 3.11. The summed E-state index contributed by atoms with van der Waals surface area (Å²) in [6.07, 6.45) is 3.99. The van der Waals surface area contributed by atoms with Crippen LogP contribution in [-0.2, 0) is 0 Å². The molecule has 0 radical (unpaired) electrons. The molecule has 1 fully saturated rings. The standard InChI is InChI=1S/C13H20N2/c1-2-4-13(5-3-1)15-11-8-12-6-9-14-10-7-12/h1-5,12,14-15H,6-11H2. The van der Waals surface area contributed by atoms with Crippen LogP contribution >= 0.6 is 0 Å². The first kappa shape index (κ1) is 10.5. The van der Waals surface area contributed by atoms with Gasteiger partial charge < -0.3 is 10.6 Å². The monoisotopic (exact) mass is 204 g/mol. The highest BCUT2D eigenvalue weighted by Gasteiger charge is 2.11. The third kappa shape index (κ3) is 3.56. The molecule has 82 valence electrons. The van der Waals surface area contributed by atoms with Crippen LogP contribution in [0.25, 0.3) is 0 Å². The largest absolute Gasteiger partial charge is 0.385 e. The van der Waals surface area contributed by atoms with Gasteiger partial charge in [0.2, 0.25) is 0 Å². The molecule has 0 spiro atoms. The highest BCUT2D eigenvalue weighted by atomic mass is 14.9. The second kappa shape index (κ2) is 5.76. The van der Waals surface area contributed by atoms with Crippen molar-refractivity contribution in [1.82, 2.24) is 5.32 Å². The predicted octanol–water partition coefficient (Wildman–Crippen LogP) is 2.49. The molecule has 2 N–H and O–H groups in total. The maximum absolute atomic E-state index is 3.47. The molecular formula is C13H20N2. The zero-order chi connectivity index (χ0) is 10.3. The second-order valence-electron chi connectivity index (χ2n) is 4.27. The Labute approximate surface area is 92.1 Å². The van der Waals surface area contributed by atoms with Gasteiger partial charge in [-0.15, -0.1) is 0 Å². The number of anilines is 1. The number of nitrogens with one attached hydrogen (secondary N) is 2. The summed E-state index contributed by atoms with van der Waals surface area (Å²) in [6, 6.07) is 10.5. The van der Waals surface area contributed by atoms with E-state index >= 15 is 0 Å². The molecular weight excluding hydrogens is 184 g/mol. The summed E-state index contributed by atoms with van der Waals surface area (Å²) >= 11 is 0. The molecule has 0 aromatic heterocycles. The number of hydrogen-bond donors (Lipinski definition) is 2. The van der Waals surface area contributed by atoms with E-state index in [2.05, 4.69) is 41.0 Å². The highest BCUT2D eigenvalue weighted by molar-refractivity contribution is 5.42. The molecule has 1 aromatic rings. The molecule has 1 aliphatic rings. The van der Waals surface area contributed by atoms with Crippen LogP contribution in [-0.4, -0.2) is 19.6 Å². The van der Waals surface area contributed by atoms with E-state index in [9.17, 15) is 0 Å². The van der Waals surface area contributed by atoms with Gasteiger partial charge in [0.25, 0.3) is 0 Å². The summed E-state index contributed by atoms with van der Waals surface area (Å²) in [5.74, 6) is 0.919. The maximum Gasteiger partial charge on any atom is 0.0340 e. The molecule has 1 heterocycles. The van der Waals surface area contributed by atoms with Crippen molar-refractivity contribution in [1.29, 1.82) is 0 Å². The van der Waals surface area contributed by atoms with Gasteiger partial charge in [0, 0.05) is 12.2 Å². The maximum atomic E-state index is 3.47. The van der Waals surface area contributed by atoms with E-state index in [1.807, 2.05) is 0 Å². The van der Waals surface area contributed by atoms with Gasteiger partial charge in [0.1, 0.15) is 0 Å². The minimum atomic E-state index is 0.919. The molecule has 1 saturated heterocycles. The summed E-state index contributed by atoms with van der Waals surface area (Å²) in [5, 5.41) is 6.87. The first-order valence-corrected chi connectivity index (χ1v) is 5.95. The normalized spacial score (nSPS) is 17.6. The fourth-order valence-corrected chi connectivity index (χ4v) is 2.15. The second-order valence-corrected chi connectivity index (χ2v) is 4.27. The lowest BCUT2D eigenvalue weighted by molar-refractivity contribution is 0.361. The van der Waals surface area contributed by atoms with Crippen molar-refractivity contribution in [3.05, 3.63) is 30.3 Å². The molecule has 0 aliphatic carbocycles. The minimum Gasteiger partial charge on any atom is -0.385 e. The van der Waals surface area contributed by atoms with E-state index in [1.54, 1.807) is 0 Å². The number of rotatable bonds is 4. The first-order chi connectivity index (χ1) is 7.45. The van der Waals surface area contributed by atoms with Crippen molar-refractivity contribution in [2.75, 3.05) is 25.0 Å². The Hall–Kier alpha value is -1.02. The number of benzene rings is 1. The third-order valence-electron chi connectivity index (χ3n) is 3.11. The average molecular weight is 204 g/mol. The van der Waals surface area contributed by atoms with Crippen LogP contribution in [0.3, 0.4) is 0 Å². The zero-order valence-electron chi connectivity index (χ0n) is 9.21. The van der Waals surface area contributed by atoms with Gasteiger partial charge in [0.15, 0.2) is 0 Å². The van der Waals surface area contributed by atoms with E-state index in [-0.39, 0.29) is 0 Å². The fourth-order valence-electron chi connectivity index (χ4n) is 2.15. The van der Waals surface area contributed by atoms with Gasteiger partial charge in [-0.3, -0.25) is 0 Å². The molecule has 0 saturated carbocycles. The lowest BCUT2D eigenvalue weighted by Gasteiger charge is -2.22. The van der Waals surface area contributed by atoms with Crippen LogP contribution in [0.2, 0.25) is 0 Å². The summed E-state index contributed by atoms with van der Waals surface area (Å²) in [4.78, 5) is 0. The van der Waals surface area contributed by atoms with Crippen molar-refractivity contribution in [3.63, 3.8) is 0 Å². The Balaban J connectivity index is 1.66. The molecule has 2 rings (SSSR count). The van der Waals surface area contributed by atoms with Gasteiger partial charge >= 0.3 is 0 Å². The van der Waals surface area contributed by atoms with Crippen molar-refractivity contribution < 1.29 is 0 Å². The molecule has 0 atom stereocenters. The Morgan fingerprint density at radius 2 is 1.87 bits per heavy atom. The molecule has 0 unspecified atom stereocenters. The predicted molar refractivity (Wildman–Crippen MR) is 65.1 cm³/mol. The van der Waals surface area contributed by atoms with Gasteiger partial charge in [-0.05, 0) is 50.4 Å². The van der Waals surface area contributed by atoms with Gasteiger partial charge in [-0.1, -0.05) is 18.2 Å². The van der Waals surface area contributed by atoms with Crippen molar-refractivity contribution >= 4 is 5.69 Å². The summed E-state index contributed by atoms with van der Waals surface area (Å²) in [7, 11) is 0. The highest BCUT2D eigenvalue weighted by Crippen LogP contribution is 2.16. The molecule has 15 heavy (non-hydrogen) atoms. The zero-order valence-corrected chi connectivity index (χ0v) is 9.21. The van der Waals surface area contributed by atoms with E-state index < -0.39 is 0 Å². The molecule has 2 heteroatoms. The average Bonchev–Trinajstić information content (AvgIpc) is 2.32. The smallest absolute Gasteiger partial charge is 0.0340 e. The van der Waals surface area contributed by atoms with Gasteiger partial charge in [-0.2, -0.15) is 0 Å². The Kier molecular flexibility index (Phi) is 4.03. The van der Waals surface area contributed by atoms with E-state index in [4.69, 9.17) is 0 Å². The number of hydrogen-bond acceptors (Lipinski definition) is 2. The van der Waals surface area contributed by atoms with Gasteiger partial charge in [0.05, 0.1) is 0 Å². The lowest BCUT2D eigenvalue weighted by Crippen LogP contribution is -2.28. The van der Waals surface area contributed by atoms with Crippen molar-refractivity contribution in [2.45, 2.75) is 19.3 Å². The molecule has 0 bridgehead atoms. The SMILES string of the molecule is c1ccc(NCCC2CCNCC2)cc1. The van der Waals surface area contributed by atoms with Crippen LogP contribution in [0.1, 0.15) is 19.3 Å². The van der Waals surface area contributed by atoms with Crippen molar-refractivity contribution in [2.24, 2.45) is 5.92 Å². The van der Waals surface area contributed by atoms with Crippen LogP contribution in [0.4, 0.5) is 5.69 Å². The van der Waals surface area contributed by atoms with E-state index in [0.29, 0.717) is 0 Å². The van der Waals surface area contributed by atoms with Crippen molar-refractivity contribution in [3.8, 4) is 0 Å². The lowest BCUT2D eigenvalue weighted by atomic mass is 9.95. The molecule has 0 amide bonds. The topological polar surface area (TPSA) is 24.1 Å². The fraction of sp³-hybridized carbons (Fsp3) is 0.538. The number of piperidine rings is 1. The molecule has 1 aromatic carbocycles. The molecule has 1 aliphatic heterocycles. The minimum absolute atomic E-state index is 0.919.